The minimum atomic E-state index is -3.57. The maximum atomic E-state index is 11.9. The molecule has 47 heavy (non-hydrogen) atoms. The molecule has 0 aliphatic heterocycles. The Morgan fingerprint density at radius 2 is 0.723 bits per heavy atom. The Bertz CT molecular complexity index is 791. The lowest BCUT2D eigenvalue weighted by Gasteiger charge is -2.22. The van der Waals surface area contributed by atoms with Crippen LogP contribution in [0.3, 0.4) is 0 Å². The minimum Gasteiger partial charge on any atom is -0.303 e. The largest absolute Gasteiger partial charge is 0.303 e. The topological polar surface area (TPSA) is 46.6 Å². The van der Waals surface area contributed by atoms with Crippen LogP contribution in [-0.4, -0.2) is 39.6 Å². The molecule has 1 rings (SSSR count). The molecule has 1 aromatic rings. The number of rotatable bonds is 34. The van der Waals surface area contributed by atoms with Crippen LogP contribution in [0.4, 0.5) is 0 Å². The predicted molar refractivity (Wildman–Crippen MR) is 208 cm³/mol. The molecule has 0 fully saturated rings. The van der Waals surface area contributed by atoms with Gasteiger partial charge < -0.3 is 4.90 Å². The fraction of sp³-hybridized carbons (Fsp3) is 0.857. The monoisotopic (exact) mass is 680 g/mol. The van der Waals surface area contributed by atoms with Gasteiger partial charge in [-0.3, -0.25) is 4.18 Å². The predicted octanol–water partition coefficient (Wildman–Crippen LogP) is 13.7. The van der Waals surface area contributed by atoms with Gasteiger partial charge in [-0.25, -0.2) is 0 Å². The van der Waals surface area contributed by atoms with Crippen molar-refractivity contribution in [3.8, 4) is 0 Å². The molecule has 0 unspecified atom stereocenters. The van der Waals surface area contributed by atoms with E-state index in [2.05, 4.69) is 32.6 Å². The van der Waals surface area contributed by atoms with Crippen LogP contribution in [0, 0.1) is 0 Å². The van der Waals surface area contributed by atoms with Crippen molar-refractivity contribution < 1.29 is 12.6 Å². The second-order valence-corrected chi connectivity index (χ2v) is 15.5. The van der Waals surface area contributed by atoms with E-state index < -0.39 is 10.1 Å². The maximum absolute atomic E-state index is 11.9. The molecule has 0 aliphatic carbocycles. The molecule has 0 spiro atoms. The van der Waals surface area contributed by atoms with Crippen molar-refractivity contribution in [3.63, 3.8) is 0 Å². The lowest BCUT2D eigenvalue weighted by molar-refractivity contribution is 0.254. The first kappa shape index (κ1) is 46.1. The number of hydrogen-bond acceptors (Lipinski definition) is 4. The summed E-state index contributed by atoms with van der Waals surface area (Å²) in [7, 11) is -3.57. The highest BCUT2D eigenvalue weighted by molar-refractivity contribution is 7.86. The molecule has 0 aromatic heterocycles. The van der Waals surface area contributed by atoms with E-state index in [0.717, 1.165) is 12.8 Å². The second-order valence-electron chi connectivity index (χ2n) is 13.9. The minimum absolute atomic E-state index is 0.238. The number of unbranched alkanes of at least 4 members (excludes halogenated alkanes) is 24. The Labute approximate surface area is 295 Å². The van der Waals surface area contributed by atoms with Gasteiger partial charge in [0.2, 0.25) is 0 Å². The lowest BCUT2D eigenvalue weighted by Crippen LogP contribution is -2.27. The fourth-order valence-electron chi connectivity index (χ4n) is 6.10. The van der Waals surface area contributed by atoms with Crippen LogP contribution in [0.15, 0.2) is 35.2 Å². The smallest absolute Gasteiger partial charge is 0.296 e. The van der Waals surface area contributed by atoms with Gasteiger partial charge in [0.1, 0.15) is 0 Å². The Balaban J connectivity index is 0.000000907. The maximum Gasteiger partial charge on any atom is 0.296 e. The zero-order chi connectivity index (χ0) is 34.5. The summed E-state index contributed by atoms with van der Waals surface area (Å²) in [6.45, 7) is 13.5. The Morgan fingerprint density at radius 1 is 0.426 bits per heavy atom. The first-order chi connectivity index (χ1) is 23.0. The first-order valence-corrected chi connectivity index (χ1v) is 22.1. The molecule has 0 heterocycles. The van der Waals surface area contributed by atoms with Crippen LogP contribution in [-0.2, 0) is 14.3 Å². The molecule has 0 aliphatic rings. The van der Waals surface area contributed by atoms with E-state index in [9.17, 15) is 8.42 Å². The quantitative estimate of drug-likeness (QED) is 0.0537. The van der Waals surface area contributed by atoms with Crippen molar-refractivity contribution in [2.45, 2.75) is 212 Å². The van der Waals surface area contributed by atoms with Gasteiger partial charge in [0.05, 0.1) is 11.5 Å². The van der Waals surface area contributed by atoms with Crippen molar-refractivity contribution in [1.82, 2.24) is 4.90 Å². The SMILES string of the molecule is CCCCCCCCCCCCOS(=O)(=O)c1ccccc1.CCCCCCCCN(CCCCCCCC)CCCCCCCC. The van der Waals surface area contributed by atoms with Crippen molar-refractivity contribution in [2.24, 2.45) is 0 Å². The molecule has 0 bridgehead atoms. The molecular formula is C42H81NO3S. The highest BCUT2D eigenvalue weighted by Crippen LogP contribution is 2.14. The van der Waals surface area contributed by atoms with E-state index in [4.69, 9.17) is 4.18 Å². The van der Waals surface area contributed by atoms with Crippen LogP contribution in [0.5, 0.6) is 0 Å². The van der Waals surface area contributed by atoms with Crippen LogP contribution < -0.4 is 0 Å². The van der Waals surface area contributed by atoms with Gasteiger partial charge >= 0.3 is 0 Å². The van der Waals surface area contributed by atoms with Crippen LogP contribution in [0.25, 0.3) is 0 Å². The average molecular weight is 680 g/mol. The number of benzene rings is 1. The third kappa shape index (κ3) is 32.1. The summed E-state index contributed by atoms with van der Waals surface area (Å²) in [5.41, 5.74) is 0. The summed E-state index contributed by atoms with van der Waals surface area (Å²) < 4.78 is 28.8. The van der Waals surface area contributed by atoms with Crippen molar-refractivity contribution in [1.29, 1.82) is 0 Å². The van der Waals surface area contributed by atoms with E-state index in [1.165, 1.54) is 187 Å². The van der Waals surface area contributed by atoms with Crippen molar-refractivity contribution in [3.05, 3.63) is 30.3 Å². The molecule has 0 atom stereocenters. The van der Waals surface area contributed by atoms with Gasteiger partial charge in [-0.2, -0.15) is 8.42 Å². The normalized spacial score (nSPS) is 11.6. The molecule has 0 saturated heterocycles. The molecule has 0 radical (unpaired) electrons. The fourth-order valence-corrected chi connectivity index (χ4v) is 7.06. The summed E-state index contributed by atoms with van der Waals surface area (Å²) in [5.74, 6) is 0. The Morgan fingerprint density at radius 3 is 1.06 bits per heavy atom. The van der Waals surface area contributed by atoms with Gasteiger partial charge in [-0.1, -0.05) is 200 Å². The van der Waals surface area contributed by atoms with Gasteiger partial charge in [-0.05, 0) is 57.5 Å². The Kier molecular flexibility index (Phi) is 35.7. The van der Waals surface area contributed by atoms with Crippen molar-refractivity contribution in [2.75, 3.05) is 26.2 Å². The zero-order valence-electron chi connectivity index (χ0n) is 32.1. The van der Waals surface area contributed by atoms with Crippen LogP contribution in [0.2, 0.25) is 0 Å². The number of hydrogen-bond donors (Lipinski definition) is 0. The van der Waals surface area contributed by atoms with Crippen LogP contribution >= 0.6 is 0 Å². The van der Waals surface area contributed by atoms with E-state index in [1.54, 1.807) is 30.3 Å². The summed E-state index contributed by atoms with van der Waals surface area (Å²) in [5, 5.41) is 0. The highest BCUT2D eigenvalue weighted by Gasteiger charge is 2.13. The van der Waals surface area contributed by atoms with Crippen LogP contribution in [0.1, 0.15) is 207 Å². The standard InChI is InChI=1S/C24H51N.C18H30O3S/c1-4-7-10-13-16-19-22-25(23-20-17-14-11-8-5-2)24-21-18-15-12-9-6-3;1-2-3-4-5-6-7-8-9-10-14-17-21-22(19,20)18-15-12-11-13-16-18/h4-24H2,1-3H3;11-13,15-16H,2-10,14,17H2,1H3. The van der Waals surface area contributed by atoms with Gasteiger partial charge in [0.15, 0.2) is 0 Å². The molecule has 1 aromatic carbocycles. The zero-order valence-corrected chi connectivity index (χ0v) is 32.9. The summed E-state index contributed by atoms with van der Waals surface area (Å²) in [6, 6.07) is 8.33. The highest BCUT2D eigenvalue weighted by atomic mass is 32.2. The first-order valence-electron chi connectivity index (χ1n) is 20.7. The third-order valence-corrected chi connectivity index (χ3v) is 10.6. The Hall–Kier alpha value is -0.910. The van der Waals surface area contributed by atoms with Gasteiger partial charge in [-0.15, -0.1) is 0 Å². The van der Waals surface area contributed by atoms with E-state index in [0.29, 0.717) is 0 Å². The average Bonchev–Trinajstić information content (AvgIpc) is 3.08. The molecule has 0 saturated carbocycles. The summed E-state index contributed by atoms with van der Waals surface area (Å²) in [6.07, 6.45) is 38.0. The summed E-state index contributed by atoms with van der Waals surface area (Å²) in [4.78, 5) is 3.03. The molecule has 0 N–H and O–H groups in total. The molecule has 5 heteroatoms. The van der Waals surface area contributed by atoms with E-state index in [-0.39, 0.29) is 11.5 Å². The molecule has 4 nitrogen and oxygen atoms in total. The van der Waals surface area contributed by atoms with Gasteiger partial charge in [0.25, 0.3) is 10.1 Å². The van der Waals surface area contributed by atoms with Gasteiger partial charge in [0, 0.05) is 0 Å². The number of nitrogens with zero attached hydrogens (tertiary/aromatic N) is 1. The lowest BCUT2D eigenvalue weighted by atomic mass is 10.1. The summed E-state index contributed by atoms with van der Waals surface area (Å²) >= 11 is 0. The van der Waals surface area contributed by atoms with E-state index in [1.807, 2.05) is 0 Å². The molecular weight excluding hydrogens is 599 g/mol. The second kappa shape index (κ2) is 36.4. The van der Waals surface area contributed by atoms with E-state index >= 15 is 0 Å². The molecule has 0 amide bonds. The third-order valence-electron chi connectivity index (χ3n) is 9.25. The molecule has 278 valence electrons. The van der Waals surface area contributed by atoms with Crippen molar-refractivity contribution >= 4 is 10.1 Å².